The van der Waals surface area contributed by atoms with Gasteiger partial charge in [0.05, 0.1) is 12.1 Å². The highest BCUT2D eigenvalue weighted by Crippen LogP contribution is 2.39. The van der Waals surface area contributed by atoms with E-state index < -0.39 is 6.85 Å². The zero-order chi connectivity index (χ0) is 21.1. The molecule has 4 rings (SSSR count). The fourth-order valence-electron chi connectivity index (χ4n) is 3.37. The third kappa shape index (κ3) is 2.22. The first kappa shape index (κ1) is 11.4. The predicted octanol–water partition coefficient (Wildman–Crippen LogP) is 5.55. The molecule has 0 aliphatic heterocycles. The van der Waals surface area contributed by atoms with Gasteiger partial charge in [0.15, 0.2) is 11.9 Å². The van der Waals surface area contributed by atoms with E-state index in [4.69, 9.17) is 16.5 Å². The van der Waals surface area contributed by atoms with E-state index >= 15 is 0 Å². The normalized spacial score (nSPS) is 14.0. The van der Waals surface area contributed by atoms with E-state index in [-0.39, 0.29) is 11.7 Å². The molecule has 0 atom stereocenters. The molecule has 0 N–H and O–H groups in total. The Morgan fingerprint density at radius 2 is 1.84 bits per heavy atom. The van der Waals surface area contributed by atoms with Gasteiger partial charge in [0, 0.05) is 26.5 Å². The van der Waals surface area contributed by atoms with E-state index in [0.29, 0.717) is 22.5 Å². The maximum absolute atomic E-state index is 8.35. The highest BCUT2D eigenvalue weighted by atomic mass is 16.3. The van der Waals surface area contributed by atoms with Crippen molar-refractivity contribution in [2.24, 2.45) is 7.05 Å². The predicted molar refractivity (Wildman–Crippen MR) is 101 cm³/mol. The molecule has 0 unspecified atom stereocenters. The monoisotopic (exact) mass is 331 g/mol. The van der Waals surface area contributed by atoms with Gasteiger partial charge in [0.25, 0.3) is 0 Å². The zero-order valence-corrected chi connectivity index (χ0v) is 14.3. The van der Waals surface area contributed by atoms with Gasteiger partial charge in [-0.1, -0.05) is 24.3 Å². The van der Waals surface area contributed by atoms with Crippen molar-refractivity contribution in [1.82, 2.24) is 0 Å². The minimum atomic E-state index is -2.35. The highest BCUT2D eigenvalue weighted by Gasteiger charge is 2.21. The summed E-state index contributed by atoms with van der Waals surface area (Å²) in [6, 6.07) is 10.9. The van der Waals surface area contributed by atoms with Gasteiger partial charge >= 0.3 is 0 Å². The molecule has 0 spiro atoms. The van der Waals surface area contributed by atoms with Gasteiger partial charge in [-0.25, -0.2) is 9.41 Å². The lowest BCUT2D eigenvalue weighted by atomic mass is 10.00. The molecule has 0 bridgehead atoms. The number of benzene rings is 2. The first-order valence-corrected chi connectivity index (χ1v) is 7.98. The van der Waals surface area contributed by atoms with E-state index in [1.165, 1.54) is 6.07 Å². The third-order valence-electron chi connectivity index (χ3n) is 4.67. The summed E-state index contributed by atoms with van der Waals surface area (Å²) in [7, 11) is 1.69. The number of pyridine rings is 1. The van der Waals surface area contributed by atoms with Gasteiger partial charge in [0.1, 0.15) is 19.6 Å². The van der Waals surface area contributed by atoms with E-state index in [1.807, 2.05) is 32.0 Å². The van der Waals surface area contributed by atoms with Crippen LogP contribution in [-0.2, 0) is 7.05 Å². The molecule has 3 nitrogen and oxygen atoms in total. The number of nitrogens with zero attached hydrogens (tertiary/aromatic N) is 2. The van der Waals surface area contributed by atoms with Crippen LogP contribution in [0.25, 0.3) is 38.0 Å². The molecule has 0 aliphatic carbocycles. The molecular formula is C22H19N2O+. The van der Waals surface area contributed by atoms with E-state index in [0.717, 1.165) is 27.5 Å². The number of aryl methyl sites for hydroxylation is 3. The topological polar surface area (TPSA) is 21.4 Å². The van der Waals surface area contributed by atoms with E-state index in [9.17, 15) is 0 Å². The molecule has 0 saturated carbocycles. The molecular weight excluding hydrogens is 308 g/mol. The molecule has 0 saturated heterocycles. The Morgan fingerprint density at radius 3 is 2.60 bits per heavy atom. The second-order valence-electron chi connectivity index (χ2n) is 6.24. The highest BCUT2D eigenvalue weighted by molar-refractivity contribution is 6.11. The molecule has 0 radical (unpaired) electrons. The SMILES string of the molecule is [2H]c1c(C([2H])([2H])[2H])ccc(-c2c(C)ccc3c2oc2c(C)c([N+]#[C-])ccc23)[n+]1C. The van der Waals surface area contributed by atoms with Gasteiger partial charge in [-0.15, -0.1) is 0 Å². The number of hydrogen-bond donors (Lipinski definition) is 0. The van der Waals surface area contributed by atoms with Crippen molar-refractivity contribution in [2.45, 2.75) is 20.7 Å². The first-order valence-electron chi connectivity index (χ1n) is 9.98. The fraction of sp³-hybridized carbons (Fsp3) is 0.182. The smallest absolute Gasteiger partial charge is 0.216 e. The van der Waals surface area contributed by atoms with Crippen LogP contribution in [0.3, 0.4) is 0 Å². The van der Waals surface area contributed by atoms with Gasteiger partial charge < -0.3 is 4.42 Å². The van der Waals surface area contributed by atoms with Crippen molar-refractivity contribution in [3.8, 4) is 11.3 Å². The van der Waals surface area contributed by atoms with Crippen LogP contribution in [0.5, 0.6) is 0 Å². The summed E-state index contributed by atoms with van der Waals surface area (Å²) in [5, 5.41) is 1.85. The molecule has 2 aromatic heterocycles. The molecule has 2 heterocycles. The van der Waals surface area contributed by atoms with Crippen molar-refractivity contribution in [3.63, 3.8) is 0 Å². The van der Waals surface area contributed by atoms with Crippen molar-refractivity contribution in [1.29, 1.82) is 0 Å². The summed E-state index contributed by atoms with van der Waals surface area (Å²) in [6.45, 7) is 8.83. The molecule has 0 amide bonds. The van der Waals surface area contributed by atoms with Crippen molar-refractivity contribution in [3.05, 3.63) is 70.7 Å². The van der Waals surface area contributed by atoms with Gasteiger partial charge in [-0.3, -0.25) is 0 Å². The van der Waals surface area contributed by atoms with Crippen LogP contribution in [0, 0.1) is 27.3 Å². The quantitative estimate of drug-likeness (QED) is 0.331. The molecule has 3 heteroatoms. The maximum Gasteiger partial charge on any atom is 0.216 e. The Hall–Kier alpha value is -3.12. The van der Waals surface area contributed by atoms with Crippen LogP contribution in [-0.4, -0.2) is 0 Å². The number of aromatic nitrogens is 1. The number of furan rings is 1. The number of hydrogen-bond acceptors (Lipinski definition) is 1. The summed E-state index contributed by atoms with van der Waals surface area (Å²) in [5.41, 5.74) is 5.17. The number of rotatable bonds is 1. The van der Waals surface area contributed by atoms with Gasteiger partial charge in [0.2, 0.25) is 5.69 Å². The summed E-state index contributed by atoms with van der Waals surface area (Å²) in [4.78, 5) is 3.55. The van der Waals surface area contributed by atoms with Crippen LogP contribution >= 0.6 is 0 Å². The Kier molecular flexibility index (Phi) is 2.50. The molecule has 0 fully saturated rings. The lowest BCUT2D eigenvalue weighted by Gasteiger charge is -2.05. The standard InChI is InChI=1S/C22H19N2O/c1-13-6-11-19(24(5)12-13)20-14(2)7-8-17-16-9-10-18(23-4)15(3)21(16)25-22(17)20/h6-12H,1-3,5H3/q+1/i1D3,12D. The zero-order valence-electron chi connectivity index (χ0n) is 18.3. The average molecular weight is 331 g/mol. The van der Waals surface area contributed by atoms with Gasteiger partial charge in [-0.2, -0.15) is 0 Å². The summed E-state index contributed by atoms with van der Waals surface area (Å²) < 4.78 is 39.1. The lowest BCUT2D eigenvalue weighted by molar-refractivity contribution is -0.660. The Morgan fingerprint density at radius 1 is 1.08 bits per heavy atom. The van der Waals surface area contributed by atoms with Crippen molar-refractivity contribution in [2.75, 3.05) is 0 Å². The van der Waals surface area contributed by atoms with Crippen LogP contribution in [0.15, 0.2) is 47.0 Å². The summed E-state index contributed by atoms with van der Waals surface area (Å²) >= 11 is 0. The van der Waals surface area contributed by atoms with Crippen molar-refractivity contribution < 1.29 is 14.5 Å². The average Bonchev–Trinajstić information content (AvgIpc) is 3.03. The summed E-state index contributed by atoms with van der Waals surface area (Å²) in [6.07, 6.45) is -0.0542. The van der Waals surface area contributed by atoms with Crippen molar-refractivity contribution >= 4 is 27.6 Å². The molecule has 4 aromatic rings. The fourth-order valence-corrected chi connectivity index (χ4v) is 3.37. The molecule has 2 aromatic carbocycles. The van der Waals surface area contributed by atoms with Crippen LogP contribution < -0.4 is 4.57 Å². The van der Waals surface area contributed by atoms with Crippen LogP contribution in [0.4, 0.5) is 5.69 Å². The lowest BCUT2D eigenvalue weighted by Crippen LogP contribution is -2.31. The first-order chi connectivity index (χ1) is 13.6. The second kappa shape index (κ2) is 5.46. The van der Waals surface area contributed by atoms with E-state index in [2.05, 4.69) is 4.85 Å². The Bertz CT molecular complexity index is 1340. The molecule has 25 heavy (non-hydrogen) atoms. The Labute approximate surface area is 152 Å². The van der Waals surface area contributed by atoms with Crippen LogP contribution in [0.1, 0.15) is 22.2 Å². The second-order valence-corrected chi connectivity index (χ2v) is 6.24. The van der Waals surface area contributed by atoms with E-state index in [1.54, 1.807) is 23.7 Å². The van der Waals surface area contributed by atoms with Gasteiger partial charge in [-0.05, 0) is 37.9 Å². The maximum atomic E-state index is 8.35. The summed E-state index contributed by atoms with van der Waals surface area (Å²) in [5.74, 6) is 0. The minimum Gasteiger partial charge on any atom is -0.456 e. The number of fused-ring (bicyclic) bond motifs is 3. The largest absolute Gasteiger partial charge is 0.456 e. The molecule has 122 valence electrons. The Balaban J connectivity index is 2.08. The van der Waals surface area contributed by atoms with Crippen LogP contribution in [0.2, 0.25) is 0 Å². The third-order valence-corrected chi connectivity index (χ3v) is 4.67. The minimum absolute atomic E-state index is 0.00993. The molecule has 0 aliphatic rings.